The number of rotatable bonds is 2. The van der Waals surface area contributed by atoms with Crippen LogP contribution in [-0.4, -0.2) is 11.7 Å². The highest BCUT2D eigenvalue weighted by Gasteiger charge is 2.37. The number of alkyl halides is 6. The molecule has 0 fully saturated rings. The predicted octanol–water partition coefficient (Wildman–Crippen LogP) is 3.82. The van der Waals surface area contributed by atoms with Crippen LogP contribution in [0, 0.1) is 0 Å². The van der Waals surface area contributed by atoms with Gasteiger partial charge in [-0.15, -0.1) is 0 Å². The summed E-state index contributed by atoms with van der Waals surface area (Å²) in [6, 6.07) is 1.31. The van der Waals surface area contributed by atoms with Crippen molar-refractivity contribution in [1.29, 1.82) is 0 Å². The molecule has 0 aliphatic carbocycles. The van der Waals surface area contributed by atoms with E-state index in [4.69, 9.17) is 5.11 Å². The van der Waals surface area contributed by atoms with Gasteiger partial charge in [-0.2, -0.15) is 26.3 Å². The van der Waals surface area contributed by atoms with Crippen molar-refractivity contribution in [3.8, 4) is 0 Å². The lowest BCUT2D eigenvalue weighted by molar-refractivity contribution is -0.143. The molecule has 7 heteroatoms. The van der Waals surface area contributed by atoms with Crippen LogP contribution in [0.2, 0.25) is 0 Å². The van der Waals surface area contributed by atoms with Crippen LogP contribution in [0.4, 0.5) is 26.3 Å². The maximum Gasteiger partial charge on any atom is 0.416 e. The van der Waals surface area contributed by atoms with Gasteiger partial charge in [-0.25, -0.2) is 0 Å². The molecule has 1 nitrogen and oxygen atoms in total. The maximum absolute atomic E-state index is 12.5. The van der Waals surface area contributed by atoms with Gasteiger partial charge in [0, 0.05) is 12.5 Å². The molecular weight excluding hydrogens is 262 g/mol. The standard InChI is InChI=1S/C11H10F6O/c1-6(5-18)7-2-8(10(12,13)14)4-9(3-7)11(15,16)17/h2-4,6,18H,5H2,1H3/t6-/m1/s1. The Hall–Kier alpha value is -1.24. The van der Waals surface area contributed by atoms with E-state index in [1.54, 1.807) is 0 Å². The van der Waals surface area contributed by atoms with Gasteiger partial charge >= 0.3 is 12.4 Å². The highest BCUT2D eigenvalue weighted by Crippen LogP contribution is 2.37. The van der Waals surface area contributed by atoms with Crippen LogP contribution in [0.5, 0.6) is 0 Å². The molecule has 1 aromatic rings. The lowest BCUT2D eigenvalue weighted by atomic mass is 9.96. The lowest BCUT2D eigenvalue weighted by Crippen LogP contribution is -2.13. The first-order valence-electron chi connectivity index (χ1n) is 4.96. The summed E-state index contributed by atoms with van der Waals surface area (Å²) in [7, 11) is 0. The SMILES string of the molecule is C[C@H](CO)c1cc(C(F)(F)F)cc(C(F)(F)F)c1. The third kappa shape index (κ3) is 3.38. The van der Waals surface area contributed by atoms with Crippen molar-refractivity contribution in [2.24, 2.45) is 0 Å². The van der Waals surface area contributed by atoms with Crippen LogP contribution in [0.25, 0.3) is 0 Å². The molecule has 0 saturated heterocycles. The largest absolute Gasteiger partial charge is 0.416 e. The van der Waals surface area contributed by atoms with Crippen LogP contribution in [0.1, 0.15) is 29.5 Å². The Morgan fingerprint density at radius 3 is 1.61 bits per heavy atom. The van der Waals surface area contributed by atoms with E-state index in [1.807, 2.05) is 0 Å². The summed E-state index contributed by atoms with van der Waals surface area (Å²) in [6.45, 7) is 0.814. The van der Waals surface area contributed by atoms with Gasteiger partial charge in [-0.3, -0.25) is 0 Å². The first kappa shape index (κ1) is 14.8. The van der Waals surface area contributed by atoms with Crippen LogP contribution < -0.4 is 0 Å². The van der Waals surface area contributed by atoms with Gasteiger partial charge in [0.15, 0.2) is 0 Å². The number of benzene rings is 1. The third-order valence-corrected chi connectivity index (χ3v) is 2.45. The zero-order chi connectivity index (χ0) is 14.1. The average Bonchev–Trinajstić information content (AvgIpc) is 2.25. The summed E-state index contributed by atoms with van der Waals surface area (Å²) in [5, 5.41) is 8.81. The molecule has 102 valence electrons. The van der Waals surface area contributed by atoms with Crippen LogP contribution in [-0.2, 0) is 12.4 Å². The number of hydrogen-bond donors (Lipinski definition) is 1. The zero-order valence-corrected chi connectivity index (χ0v) is 9.23. The minimum Gasteiger partial charge on any atom is -0.396 e. The van der Waals surface area contributed by atoms with Gasteiger partial charge in [0.05, 0.1) is 11.1 Å². The molecule has 1 rings (SSSR count). The van der Waals surface area contributed by atoms with E-state index in [9.17, 15) is 26.3 Å². The van der Waals surface area contributed by atoms with E-state index >= 15 is 0 Å². The smallest absolute Gasteiger partial charge is 0.396 e. The Balaban J connectivity index is 3.39. The van der Waals surface area contributed by atoms with Crippen molar-refractivity contribution in [3.05, 3.63) is 34.9 Å². The summed E-state index contributed by atoms with van der Waals surface area (Å²) in [5.74, 6) is -0.798. The molecule has 1 aromatic carbocycles. The Morgan fingerprint density at radius 1 is 0.944 bits per heavy atom. The van der Waals surface area contributed by atoms with Crippen molar-refractivity contribution < 1.29 is 31.4 Å². The summed E-state index contributed by atoms with van der Waals surface area (Å²) in [6.07, 6.45) is -9.71. The molecule has 0 amide bonds. The van der Waals surface area contributed by atoms with Crippen molar-refractivity contribution in [2.45, 2.75) is 25.2 Å². The van der Waals surface area contributed by atoms with Crippen molar-refractivity contribution in [3.63, 3.8) is 0 Å². The highest BCUT2D eigenvalue weighted by atomic mass is 19.4. The topological polar surface area (TPSA) is 20.2 Å². The van der Waals surface area contributed by atoms with E-state index in [1.165, 1.54) is 6.92 Å². The van der Waals surface area contributed by atoms with Gasteiger partial charge in [0.25, 0.3) is 0 Å². The molecule has 0 bridgehead atoms. The van der Waals surface area contributed by atoms with Crippen molar-refractivity contribution >= 4 is 0 Å². The minimum absolute atomic E-state index is 0.0631. The molecule has 1 N–H and O–H groups in total. The van der Waals surface area contributed by atoms with E-state index in [0.29, 0.717) is 12.1 Å². The quantitative estimate of drug-likeness (QED) is 0.811. The van der Waals surface area contributed by atoms with E-state index in [-0.39, 0.29) is 11.6 Å². The highest BCUT2D eigenvalue weighted by molar-refractivity contribution is 5.35. The van der Waals surface area contributed by atoms with Crippen molar-refractivity contribution in [2.75, 3.05) is 6.61 Å². The summed E-state index contributed by atoms with van der Waals surface area (Å²) in [5.41, 5.74) is -2.93. The average molecular weight is 272 g/mol. The fraction of sp³-hybridized carbons (Fsp3) is 0.455. The van der Waals surface area contributed by atoms with Gasteiger partial charge in [-0.05, 0) is 23.8 Å². The lowest BCUT2D eigenvalue weighted by Gasteiger charge is -2.16. The molecule has 0 aliphatic rings. The van der Waals surface area contributed by atoms with Crippen LogP contribution in [0.15, 0.2) is 18.2 Å². The summed E-state index contributed by atoms with van der Waals surface area (Å²) in [4.78, 5) is 0. The third-order valence-electron chi connectivity index (χ3n) is 2.45. The fourth-order valence-electron chi connectivity index (χ4n) is 1.37. The van der Waals surface area contributed by atoms with E-state index in [0.717, 1.165) is 0 Å². The van der Waals surface area contributed by atoms with E-state index < -0.39 is 36.0 Å². The first-order valence-corrected chi connectivity index (χ1v) is 4.96. The van der Waals surface area contributed by atoms with Gasteiger partial charge in [0.1, 0.15) is 0 Å². The van der Waals surface area contributed by atoms with Crippen LogP contribution >= 0.6 is 0 Å². The molecule has 0 spiro atoms. The first-order chi connectivity index (χ1) is 8.05. The molecule has 0 saturated carbocycles. The van der Waals surface area contributed by atoms with Gasteiger partial charge in [0.2, 0.25) is 0 Å². The maximum atomic E-state index is 12.5. The predicted molar refractivity (Wildman–Crippen MR) is 51.9 cm³/mol. The molecule has 0 unspecified atom stereocenters. The molecule has 0 aliphatic heterocycles. The number of hydrogen-bond acceptors (Lipinski definition) is 1. The summed E-state index contributed by atoms with van der Waals surface area (Å²) < 4.78 is 74.8. The van der Waals surface area contributed by atoms with Crippen molar-refractivity contribution in [1.82, 2.24) is 0 Å². The number of aliphatic hydroxyl groups is 1. The van der Waals surface area contributed by atoms with Gasteiger partial charge < -0.3 is 5.11 Å². The Kier molecular flexibility index (Phi) is 3.95. The number of aliphatic hydroxyl groups excluding tert-OH is 1. The Bertz CT molecular complexity index is 388. The molecule has 0 radical (unpaired) electrons. The van der Waals surface area contributed by atoms with Gasteiger partial charge in [-0.1, -0.05) is 6.92 Å². The summed E-state index contributed by atoms with van der Waals surface area (Å²) >= 11 is 0. The molecule has 1 atom stereocenters. The molecule has 0 aromatic heterocycles. The molecular formula is C11H10F6O. The number of halogens is 6. The Labute approximate surface area is 99.0 Å². The van der Waals surface area contributed by atoms with Crippen LogP contribution in [0.3, 0.4) is 0 Å². The fourth-order valence-corrected chi connectivity index (χ4v) is 1.37. The second-order valence-electron chi connectivity index (χ2n) is 3.92. The zero-order valence-electron chi connectivity index (χ0n) is 9.23. The Morgan fingerprint density at radius 2 is 1.33 bits per heavy atom. The minimum atomic E-state index is -4.86. The normalized spacial score (nSPS) is 14.7. The monoisotopic (exact) mass is 272 g/mol. The van der Waals surface area contributed by atoms with E-state index in [2.05, 4.69) is 0 Å². The molecule has 18 heavy (non-hydrogen) atoms. The molecule has 0 heterocycles. The second kappa shape index (κ2) is 4.79. The second-order valence-corrected chi connectivity index (χ2v) is 3.92.